The quantitative estimate of drug-likeness (QED) is 0.696. The SMILES string of the molecule is O=C(O)C1CC=CCC1C(=O)Nc1ccc(S(=O)(=O)N2CCc3ccccc3C2)cc1. The van der Waals surface area contributed by atoms with Crippen LogP contribution >= 0.6 is 0 Å². The third-order valence-electron chi connectivity index (χ3n) is 5.94. The number of carboxylic acids is 1. The fourth-order valence-corrected chi connectivity index (χ4v) is 5.57. The number of nitrogens with zero attached hydrogens (tertiary/aromatic N) is 1. The van der Waals surface area contributed by atoms with Crippen LogP contribution in [0.5, 0.6) is 0 Å². The van der Waals surface area contributed by atoms with E-state index in [4.69, 9.17) is 0 Å². The molecule has 2 aliphatic rings. The number of allylic oxidation sites excluding steroid dienone is 2. The number of rotatable bonds is 5. The number of fused-ring (bicyclic) bond motifs is 1. The Hall–Kier alpha value is -2.97. The van der Waals surface area contributed by atoms with Gasteiger partial charge in [-0.05, 0) is 54.7 Å². The van der Waals surface area contributed by atoms with E-state index in [2.05, 4.69) is 5.32 Å². The van der Waals surface area contributed by atoms with Crippen molar-refractivity contribution in [3.8, 4) is 0 Å². The minimum Gasteiger partial charge on any atom is -0.481 e. The van der Waals surface area contributed by atoms with Gasteiger partial charge in [-0.15, -0.1) is 0 Å². The van der Waals surface area contributed by atoms with Crippen LogP contribution < -0.4 is 5.32 Å². The average Bonchev–Trinajstić information content (AvgIpc) is 2.79. The molecule has 0 saturated heterocycles. The van der Waals surface area contributed by atoms with Gasteiger partial charge in [-0.2, -0.15) is 4.31 Å². The number of aliphatic carboxylic acids is 1. The lowest BCUT2D eigenvalue weighted by Crippen LogP contribution is -2.36. The zero-order valence-electron chi connectivity index (χ0n) is 16.9. The first-order chi connectivity index (χ1) is 14.9. The van der Waals surface area contributed by atoms with Crippen molar-refractivity contribution in [3.05, 3.63) is 71.8 Å². The van der Waals surface area contributed by atoms with Crippen molar-refractivity contribution in [1.29, 1.82) is 0 Å². The maximum atomic E-state index is 13.1. The van der Waals surface area contributed by atoms with E-state index in [1.807, 2.05) is 30.3 Å². The standard InChI is InChI=1S/C23H24N2O5S/c26-22(20-7-3-4-8-21(20)23(27)28)24-18-9-11-19(12-10-18)31(29,30)25-14-13-16-5-1-2-6-17(16)15-25/h1-6,9-12,20-21H,7-8,13-15H2,(H,24,26)(H,27,28). The van der Waals surface area contributed by atoms with Crippen LogP contribution in [0.4, 0.5) is 5.69 Å². The van der Waals surface area contributed by atoms with Crippen molar-refractivity contribution in [3.63, 3.8) is 0 Å². The van der Waals surface area contributed by atoms with E-state index in [-0.39, 0.29) is 10.8 Å². The highest BCUT2D eigenvalue weighted by Gasteiger charge is 2.34. The van der Waals surface area contributed by atoms with Gasteiger partial charge in [-0.1, -0.05) is 36.4 Å². The van der Waals surface area contributed by atoms with Crippen LogP contribution in [0.2, 0.25) is 0 Å². The van der Waals surface area contributed by atoms with Gasteiger partial charge in [-0.3, -0.25) is 9.59 Å². The Balaban J connectivity index is 1.46. The van der Waals surface area contributed by atoms with E-state index in [0.29, 0.717) is 38.0 Å². The third-order valence-corrected chi connectivity index (χ3v) is 7.80. The summed E-state index contributed by atoms with van der Waals surface area (Å²) in [7, 11) is -3.66. The van der Waals surface area contributed by atoms with Crippen molar-refractivity contribution in [2.75, 3.05) is 11.9 Å². The summed E-state index contributed by atoms with van der Waals surface area (Å²) in [4.78, 5) is 24.2. The van der Waals surface area contributed by atoms with Crippen molar-refractivity contribution >= 4 is 27.6 Å². The molecule has 2 atom stereocenters. The van der Waals surface area contributed by atoms with Crippen LogP contribution in [0.25, 0.3) is 0 Å². The number of sulfonamides is 1. The highest BCUT2D eigenvalue weighted by atomic mass is 32.2. The number of amides is 1. The zero-order chi connectivity index (χ0) is 22.0. The second kappa shape index (κ2) is 8.64. The van der Waals surface area contributed by atoms with Crippen molar-refractivity contribution in [2.24, 2.45) is 11.8 Å². The molecule has 0 aromatic heterocycles. The van der Waals surface area contributed by atoms with E-state index in [9.17, 15) is 23.1 Å². The lowest BCUT2D eigenvalue weighted by Gasteiger charge is -2.28. The fraction of sp³-hybridized carbons (Fsp3) is 0.304. The van der Waals surface area contributed by atoms with Crippen molar-refractivity contribution in [1.82, 2.24) is 4.31 Å². The molecular formula is C23H24N2O5S. The second-order valence-corrected chi connectivity index (χ2v) is 9.80. The molecule has 8 heteroatoms. The predicted octanol–water partition coefficient (Wildman–Crippen LogP) is 3.04. The molecular weight excluding hydrogens is 416 g/mol. The van der Waals surface area contributed by atoms with Gasteiger partial charge in [0.2, 0.25) is 15.9 Å². The molecule has 2 aromatic carbocycles. The Morgan fingerprint density at radius 2 is 1.58 bits per heavy atom. The number of hydrogen-bond donors (Lipinski definition) is 2. The van der Waals surface area contributed by atoms with Crippen LogP contribution in [0.3, 0.4) is 0 Å². The van der Waals surface area contributed by atoms with Gasteiger partial charge < -0.3 is 10.4 Å². The van der Waals surface area contributed by atoms with Gasteiger partial charge in [0.05, 0.1) is 16.7 Å². The normalized spacial score (nSPS) is 21.3. The molecule has 1 aliphatic heterocycles. The molecule has 1 aliphatic carbocycles. The van der Waals surface area contributed by atoms with Gasteiger partial charge in [0.15, 0.2) is 0 Å². The summed E-state index contributed by atoms with van der Waals surface area (Å²) >= 11 is 0. The lowest BCUT2D eigenvalue weighted by atomic mass is 9.82. The van der Waals surface area contributed by atoms with Crippen LogP contribution in [-0.2, 0) is 32.6 Å². The second-order valence-electron chi connectivity index (χ2n) is 7.86. The highest BCUT2D eigenvalue weighted by Crippen LogP contribution is 2.28. The number of nitrogens with one attached hydrogen (secondary N) is 1. The van der Waals surface area contributed by atoms with E-state index in [1.165, 1.54) is 34.1 Å². The topological polar surface area (TPSA) is 104 Å². The fourth-order valence-electron chi connectivity index (χ4n) is 4.15. The first-order valence-electron chi connectivity index (χ1n) is 10.2. The number of carboxylic acid groups (broad SMARTS) is 1. The Morgan fingerprint density at radius 3 is 2.26 bits per heavy atom. The molecule has 2 N–H and O–H groups in total. The molecule has 0 spiro atoms. The zero-order valence-corrected chi connectivity index (χ0v) is 17.7. The monoisotopic (exact) mass is 440 g/mol. The molecule has 7 nitrogen and oxygen atoms in total. The van der Waals surface area contributed by atoms with E-state index in [1.54, 1.807) is 6.08 Å². The molecule has 2 aromatic rings. The smallest absolute Gasteiger partial charge is 0.307 e. The first kappa shape index (κ1) is 21.3. The van der Waals surface area contributed by atoms with Crippen LogP contribution in [0.1, 0.15) is 24.0 Å². The van der Waals surface area contributed by atoms with Crippen LogP contribution in [-0.4, -0.2) is 36.3 Å². The van der Waals surface area contributed by atoms with Crippen LogP contribution in [0, 0.1) is 11.8 Å². The summed E-state index contributed by atoms with van der Waals surface area (Å²) in [5, 5.41) is 12.1. The van der Waals surface area contributed by atoms with Gasteiger partial charge >= 0.3 is 5.97 Å². The summed E-state index contributed by atoms with van der Waals surface area (Å²) in [6, 6.07) is 13.9. The summed E-state index contributed by atoms with van der Waals surface area (Å²) < 4.78 is 27.6. The van der Waals surface area contributed by atoms with Crippen molar-refractivity contribution in [2.45, 2.75) is 30.7 Å². The van der Waals surface area contributed by atoms with Gasteiger partial charge in [0.1, 0.15) is 0 Å². The van der Waals surface area contributed by atoms with Gasteiger partial charge in [0.25, 0.3) is 0 Å². The molecule has 0 saturated carbocycles. The highest BCUT2D eigenvalue weighted by molar-refractivity contribution is 7.89. The number of anilines is 1. The maximum Gasteiger partial charge on any atom is 0.307 e. The summed E-state index contributed by atoms with van der Waals surface area (Å²) in [5.74, 6) is -2.78. The minimum absolute atomic E-state index is 0.161. The van der Waals surface area contributed by atoms with E-state index in [0.717, 1.165) is 5.56 Å². The summed E-state index contributed by atoms with van der Waals surface area (Å²) in [6.45, 7) is 0.756. The average molecular weight is 441 g/mol. The van der Waals surface area contributed by atoms with Gasteiger partial charge in [-0.25, -0.2) is 8.42 Å². The Labute approximate surface area is 181 Å². The van der Waals surface area contributed by atoms with Gasteiger partial charge in [0, 0.05) is 18.8 Å². The van der Waals surface area contributed by atoms with Crippen LogP contribution in [0.15, 0.2) is 65.6 Å². The molecule has 1 amide bonds. The number of carbonyl (C=O) groups excluding carboxylic acids is 1. The molecule has 2 unspecified atom stereocenters. The lowest BCUT2D eigenvalue weighted by molar-refractivity contribution is -0.146. The molecule has 1 heterocycles. The number of hydrogen-bond acceptors (Lipinski definition) is 4. The molecule has 4 rings (SSSR count). The molecule has 31 heavy (non-hydrogen) atoms. The first-order valence-corrected chi connectivity index (χ1v) is 11.7. The Kier molecular flexibility index (Phi) is 5.93. The van der Waals surface area contributed by atoms with E-state index < -0.39 is 27.8 Å². The molecule has 0 bridgehead atoms. The molecule has 0 radical (unpaired) electrons. The molecule has 0 fully saturated rings. The summed E-state index contributed by atoms with van der Waals surface area (Å²) in [5.41, 5.74) is 2.62. The Morgan fingerprint density at radius 1 is 0.935 bits per heavy atom. The number of benzene rings is 2. The predicted molar refractivity (Wildman–Crippen MR) is 116 cm³/mol. The Bertz CT molecular complexity index is 1120. The minimum atomic E-state index is -3.66. The van der Waals surface area contributed by atoms with E-state index >= 15 is 0 Å². The number of carbonyl (C=O) groups is 2. The largest absolute Gasteiger partial charge is 0.481 e. The third kappa shape index (κ3) is 4.40. The molecule has 162 valence electrons. The summed E-state index contributed by atoms with van der Waals surface area (Å²) in [6.07, 6.45) is 4.96. The maximum absolute atomic E-state index is 13.1. The van der Waals surface area contributed by atoms with Crippen molar-refractivity contribution < 1.29 is 23.1 Å².